The van der Waals surface area contributed by atoms with Gasteiger partial charge in [-0.15, -0.1) is 0 Å². The number of carbonyl (C=O) groups is 1. The Kier molecular flexibility index (Phi) is 9.84. The molecule has 1 aromatic rings. The first kappa shape index (κ1) is 30.5. The van der Waals surface area contributed by atoms with Crippen molar-refractivity contribution in [2.75, 3.05) is 19.7 Å². The molecule has 1 saturated heterocycles. The van der Waals surface area contributed by atoms with Crippen molar-refractivity contribution >= 4 is 27.2 Å². The van der Waals surface area contributed by atoms with Gasteiger partial charge in [0.15, 0.2) is 5.78 Å². The van der Waals surface area contributed by atoms with Crippen molar-refractivity contribution in [3.05, 3.63) is 51.9 Å². The number of hydrogen-bond donors (Lipinski definition) is 1. The smallest absolute Gasteiger partial charge is 0.202 e. The highest BCUT2D eigenvalue weighted by molar-refractivity contribution is 7.95. The number of rotatable bonds is 9. The van der Waals surface area contributed by atoms with Crippen molar-refractivity contribution in [3.8, 4) is 0 Å². The van der Waals surface area contributed by atoms with E-state index in [1.807, 2.05) is 12.2 Å². The Bertz CT molecular complexity index is 1180. The van der Waals surface area contributed by atoms with Crippen molar-refractivity contribution in [2.24, 2.45) is 17.3 Å². The maximum absolute atomic E-state index is 13.7. The molecule has 2 atom stereocenters. The predicted octanol–water partition coefficient (Wildman–Crippen LogP) is 7.14. The minimum absolute atomic E-state index is 0.102. The average Bonchev–Trinajstić information content (AvgIpc) is 3.68. The summed E-state index contributed by atoms with van der Waals surface area (Å²) in [6.07, 6.45) is 13.7. The van der Waals surface area contributed by atoms with Crippen LogP contribution in [-0.4, -0.2) is 49.4 Å². The SMILES string of the molecule is CCC1CCCC(C2(CC(=O)C=C3CCCN(C(C)(C)CO)CC3)CC2)/C=C(\S(=O)(=O)c2ccc(Cl)cc2)C1. The lowest BCUT2D eigenvalue weighted by molar-refractivity contribution is -0.116. The molecular weight excluding hydrogens is 530 g/mol. The summed E-state index contributed by atoms with van der Waals surface area (Å²) in [5.74, 6) is 0.637. The highest BCUT2D eigenvalue weighted by atomic mass is 35.5. The van der Waals surface area contributed by atoms with Crippen LogP contribution in [0.4, 0.5) is 0 Å². The molecule has 1 saturated carbocycles. The fraction of sp³-hybridized carbons (Fsp3) is 0.656. The minimum atomic E-state index is -3.62. The number of carbonyl (C=O) groups excluding carboxylic acids is 1. The number of aliphatic hydroxyl groups is 1. The van der Waals surface area contributed by atoms with E-state index in [2.05, 4.69) is 25.7 Å². The van der Waals surface area contributed by atoms with E-state index in [0.29, 0.717) is 33.6 Å². The molecule has 2 aliphatic carbocycles. The van der Waals surface area contributed by atoms with Crippen LogP contribution in [0.25, 0.3) is 0 Å². The quantitative estimate of drug-likeness (QED) is 0.317. The van der Waals surface area contributed by atoms with E-state index in [1.165, 1.54) is 5.57 Å². The fourth-order valence-electron chi connectivity index (χ4n) is 6.51. The second-order valence-electron chi connectivity index (χ2n) is 12.7. The summed E-state index contributed by atoms with van der Waals surface area (Å²) in [7, 11) is -3.62. The van der Waals surface area contributed by atoms with Gasteiger partial charge in [-0.1, -0.05) is 49.4 Å². The zero-order valence-corrected chi connectivity index (χ0v) is 25.5. The number of allylic oxidation sites excluding steroid dienone is 3. The number of benzene rings is 1. The maximum Gasteiger partial charge on any atom is 0.202 e. The van der Waals surface area contributed by atoms with E-state index < -0.39 is 9.84 Å². The summed E-state index contributed by atoms with van der Waals surface area (Å²) in [6, 6.07) is 6.48. The van der Waals surface area contributed by atoms with Gasteiger partial charge >= 0.3 is 0 Å². The Labute approximate surface area is 240 Å². The molecule has 0 amide bonds. The van der Waals surface area contributed by atoms with E-state index in [-0.39, 0.29) is 29.3 Å². The van der Waals surface area contributed by atoms with Crippen LogP contribution in [0, 0.1) is 17.3 Å². The number of hydrogen-bond acceptors (Lipinski definition) is 5. The summed E-state index contributed by atoms with van der Waals surface area (Å²) >= 11 is 6.03. The van der Waals surface area contributed by atoms with Gasteiger partial charge in [0.25, 0.3) is 0 Å². The topological polar surface area (TPSA) is 74.7 Å². The third-order valence-electron chi connectivity index (χ3n) is 9.49. The molecule has 0 aromatic heterocycles. The number of halogens is 1. The molecule has 5 nitrogen and oxygen atoms in total. The molecule has 0 radical (unpaired) electrons. The number of nitrogens with zero attached hydrogens (tertiary/aromatic N) is 1. The molecule has 216 valence electrons. The van der Waals surface area contributed by atoms with Crippen LogP contribution in [0.15, 0.2) is 51.8 Å². The molecule has 3 aliphatic rings. The highest BCUT2D eigenvalue weighted by Gasteiger charge is 2.49. The largest absolute Gasteiger partial charge is 0.394 e. The Hall–Kier alpha value is -1.47. The maximum atomic E-state index is 13.7. The molecule has 2 unspecified atom stereocenters. The number of likely N-dealkylation sites (tertiary alicyclic amines) is 1. The standard InChI is InChI=1S/C32H46ClNO4S/c1-4-24-7-5-9-26(21-30(20-24)39(37,38)29-12-10-27(33)11-13-29)32(15-16-32)22-28(36)19-25-8-6-17-34(18-14-25)31(2,3)23-35/h10-13,19,21,24,26,35H,4-9,14-18,20,22-23H2,1-3H3/b25-19?,30-21-. The third kappa shape index (κ3) is 7.44. The molecule has 1 N–H and O–H groups in total. The first-order valence-electron chi connectivity index (χ1n) is 14.8. The highest BCUT2D eigenvalue weighted by Crippen LogP contribution is 2.58. The number of ketones is 1. The van der Waals surface area contributed by atoms with Gasteiger partial charge in [0, 0.05) is 28.4 Å². The summed E-state index contributed by atoms with van der Waals surface area (Å²) in [5.41, 5.74) is 0.837. The van der Waals surface area contributed by atoms with Crippen LogP contribution >= 0.6 is 11.6 Å². The summed E-state index contributed by atoms with van der Waals surface area (Å²) in [5, 5.41) is 10.3. The van der Waals surface area contributed by atoms with Gasteiger partial charge in [-0.2, -0.15) is 0 Å². The van der Waals surface area contributed by atoms with Gasteiger partial charge < -0.3 is 5.11 Å². The summed E-state index contributed by atoms with van der Waals surface area (Å²) in [6.45, 7) is 8.18. The predicted molar refractivity (Wildman–Crippen MR) is 158 cm³/mol. The van der Waals surface area contributed by atoms with Gasteiger partial charge in [-0.05, 0) is 113 Å². The van der Waals surface area contributed by atoms with E-state index in [9.17, 15) is 18.3 Å². The molecule has 1 aromatic carbocycles. The monoisotopic (exact) mass is 575 g/mol. The van der Waals surface area contributed by atoms with Crippen molar-refractivity contribution < 1.29 is 18.3 Å². The van der Waals surface area contributed by atoms with E-state index >= 15 is 0 Å². The van der Waals surface area contributed by atoms with Crippen LogP contribution in [0.1, 0.15) is 91.4 Å². The van der Waals surface area contributed by atoms with Crippen LogP contribution in [-0.2, 0) is 14.6 Å². The van der Waals surface area contributed by atoms with Crippen molar-refractivity contribution in [1.82, 2.24) is 4.90 Å². The van der Waals surface area contributed by atoms with Crippen LogP contribution < -0.4 is 0 Å². The fourth-order valence-corrected chi connectivity index (χ4v) is 8.23. The average molecular weight is 576 g/mol. The first-order valence-corrected chi connectivity index (χ1v) is 16.6. The number of sulfone groups is 1. The Balaban J connectivity index is 1.53. The molecule has 0 spiro atoms. The van der Waals surface area contributed by atoms with Gasteiger partial charge in [-0.3, -0.25) is 9.69 Å². The molecule has 7 heteroatoms. The lowest BCUT2D eigenvalue weighted by Crippen LogP contribution is -2.47. The van der Waals surface area contributed by atoms with Gasteiger partial charge in [0.2, 0.25) is 9.84 Å². The second-order valence-corrected chi connectivity index (χ2v) is 15.2. The van der Waals surface area contributed by atoms with Gasteiger partial charge in [0.05, 0.1) is 11.5 Å². The third-order valence-corrected chi connectivity index (χ3v) is 11.6. The Morgan fingerprint density at radius 2 is 1.85 bits per heavy atom. The zero-order chi connectivity index (χ0) is 28.3. The van der Waals surface area contributed by atoms with Crippen LogP contribution in [0.2, 0.25) is 5.02 Å². The zero-order valence-electron chi connectivity index (χ0n) is 23.9. The molecular formula is C32H46ClNO4S. The van der Waals surface area contributed by atoms with Gasteiger partial charge in [0.1, 0.15) is 0 Å². The van der Waals surface area contributed by atoms with Crippen LogP contribution in [0.5, 0.6) is 0 Å². The molecule has 0 bridgehead atoms. The van der Waals surface area contributed by atoms with Crippen LogP contribution in [0.3, 0.4) is 0 Å². The molecule has 1 heterocycles. The van der Waals surface area contributed by atoms with Crippen molar-refractivity contribution in [2.45, 2.75) is 102 Å². The van der Waals surface area contributed by atoms with E-state index in [1.54, 1.807) is 24.3 Å². The minimum Gasteiger partial charge on any atom is -0.394 e. The lowest BCUT2D eigenvalue weighted by Gasteiger charge is -2.36. The van der Waals surface area contributed by atoms with Crippen molar-refractivity contribution in [3.63, 3.8) is 0 Å². The Morgan fingerprint density at radius 1 is 1.13 bits per heavy atom. The van der Waals surface area contributed by atoms with Crippen molar-refractivity contribution in [1.29, 1.82) is 0 Å². The first-order chi connectivity index (χ1) is 18.5. The van der Waals surface area contributed by atoms with E-state index in [4.69, 9.17) is 11.6 Å². The normalized spacial score (nSPS) is 27.2. The van der Waals surface area contributed by atoms with E-state index in [0.717, 1.165) is 70.9 Å². The second kappa shape index (κ2) is 12.6. The lowest BCUT2D eigenvalue weighted by atomic mass is 9.78. The van der Waals surface area contributed by atoms with Gasteiger partial charge in [-0.25, -0.2) is 8.42 Å². The Morgan fingerprint density at radius 3 is 2.49 bits per heavy atom. The molecule has 2 fully saturated rings. The molecule has 1 aliphatic heterocycles. The summed E-state index contributed by atoms with van der Waals surface area (Å²) < 4.78 is 27.5. The molecule has 39 heavy (non-hydrogen) atoms. The molecule has 4 rings (SSSR count). The summed E-state index contributed by atoms with van der Waals surface area (Å²) in [4.78, 5) is 16.5. The number of aliphatic hydroxyl groups excluding tert-OH is 1.